The van der Waals surface area contributed by atoms with Crippen LogP contribution in [0, 0.1) is 13.8 Å². The van der Waals surface area contributed by atoms with Gasteiger partial charge in [-0.2, -0.15) is 0 Å². The standard InChI is InChI=1S/C18H21N3O4S/c1-12-4-7-15(10-13(12)2)21-26(24,25)16-8-5-14(6-9-16)18(23)20-11-17(22)19-3/h4-10,21H,11H2,1-3H3,(H,19,22)(H,20,23). The lowest BCUT2D eigenvalue weighted by Crippen LogP contribution is -2.35. The van der Waals surface area contributed by atoms with E-state index in [1.165, 1.54) is 31.3 Å². The van der Waals surface area contributed by atoms with Gasteiger partial charge in [0.25, 0.3) is 15.9 Å². The van der Waals surface area contributed by atoms with E-state index in [0.717, 1.165) is 11.1 Å². The third kappa shape index (κ3) is 4.82. The summed E-state index contributed by atoms with van der Waals surface area (Å²) < 4.78 is 27.5. The first-order valence-corrected chi connectivity index (χ1v) is 9.40. The lowest BCUT2D eigenvalue weighted by Gasteiger charge is -2.10. The summed E-state index contributed by atoms with van der Waals surface area (Å²) in [6.07, 6.45) is 0. The van der Waals surface area contributed by atoms with Crippen molar-refractivity contribution >= 4 is 27.5 Å². The zero-order valence-electron chi connectivity index (χ0n) is 14.8. The van der Waals surface area contributed by atoms with E-state index in [9.17, 15) is 18.0 Å². The van der Waals surface area contributed by atoms with Gasteiger partial charge in [-0.3, -0.25) is 14.3 Å². The van der Waals surface area contributed by atoms with Crippen LogP contribution in [-0.4, -0.2) is 33.8 Å². The third-order valence-electron chi connectivity index (χ3n) is 3.87. The number of anilines is 1. The zero-order valence-corrected chi connectivity index (χ0v) is 15.6. The Morgan fingerprint density at radius 3 is 2.19 bits per heavy atom. The topological polar surface area (TPSA) is 104 Å². The van der Waals surface area contributed by atoms with Crippen LogP contribution in [0.2, 0.25) is 0 Å². The molecule has 0 bridgehead atoms. The first-order valence-electron chi connectivity index (χ1n) is 7.92. The van der Waals surface area contributed by atoms with Crippen LogP contribution in [0.3, 0.4) is 0 Å². The smallest absolute Gasteiger partial charge is 0.261 e. The molecule has 8 heteroatoms. The number of likely N-dealkylation sites (N-methyl/N-ethyl adjacent to an activating group) is 1. The number of carbonyl (C=O) groups excluding carboxylic acids is 2. The Morgan fingerprint density at radius 1 is 0.962 bits per heavy atom. The highest BCUT2D eigenvalue weighted by molar-refractivity contribution is 7.92. The molecule has 0 saturated carbocycles. The Morgan fingerprint density at radius 2 is 1.62 bits per heavy atom. The number of rotatable bonds is 6. The molecule has 0 saturated heterocycles. The molecule has 0 aliphatic heterocycles. The van der Waals surface area contributed by atoms with E-state index in [1.807, 2.05) is 19.9 Å². The minimum Gasteiger partial charge on any atom is -0.358 e. The first kappa shape index (κ1) is 19.5. The Hall–Kier alpha value is -2.87. The largest absolute Gasteiger partial charge is 0.358 e. The monoisotopic (exact) mass is 375 g/mol. The molecule has 2 aromatic carbocycles. The van der Waals surface area contributed by atoms with Crippen molar-refractivity contribution in [2.45, 2.75) is 18.7 Å². The van der Waals surface area contributed by atoms with Crippen LogP contribution in [-0.2, 0) is 14.8 Å². The SMILES string of the molecule is CNC(=O)CNC(=O)c1ccc(S(=O)(=O)Nc2ccc(C)c(C)c2)cc1. The molecule has 138 valence electrons. The van der Waals surface area contributed by atoms with Crippen LogP contribution in [0.5, 0.6) is 0 Å². The number of aryl methyl sites for hydroxylation is 2. The van der Waals surface area contributed by atoms with E-state index in [-0.39, 0.29) is 22.9 Å². The third-order valence-corrected chi connectivity index (χ3v) is 5.27. The van der Waals surface area contributed by atoms with Crippen LogP contribution < -0.4 is 15.4 Å². The zero-order chi connectivity index (χ0) is 19.3. The van der Waals surface area contributed by atoms with Crippen molar-refractivity contribution in [1.82, 2.24) is 10.6 Å². The van der Waals surface area contributed by atoms with E-state index in [0.29, 0.717) is 5.69 Å². The fraction of sp³-hybridized carbons (Fsp3) is 0.222. The Balaban J connectivity index is 2.11. The predicted octanol–water partition coefficient (Wildman–Crippen LogP) is 1.58. The van der Waals surface area contributed by atoms with Crippen molar-refractivity contribution in [1.29, 1.82) is 0 Å². The lowest BCUT2D eigenvalue weighted by atomic mass is 10.1. The lowest BCUT2D eigenvalue weighted by molar-refractivity contribution is -0.119. The van der Waals surface area contributed by atoms with Gasteiger partial charge in [-0.05, 0) is 61.4 Å². The maximum atomic E-state index is 12.5. The minimum absolute atomic E-state index is 0.0404. The highest BCUT2D eigenvalue weighted by Crippen LogP contribution is 2.19. The molecule has 2 amide bonds. The van der Waals surface area contributed by atoms with Gasteiger partial charge in [0.15, 0.2) is 0 Å². The second-order valence-electron chi connectivity index (χ2n) is 5.78. The van der Waals surface area contributed by atoms with Gasteiger partial charge in [-0.1, -0.05) is 6.07 Å². The number of sulfonamides is 1. The number of hydrogen-bond acceptors (Lipinski definition) is 4. The van der Waals surface area contributed by atoms with Gasteiger partial charge >= 0.3 is 0 Å². The number of carbonyl (C=O) groups is 2. The molecule has 0 aliphatic rings. The molecular formula is C18H21N3O4S. The highest BCUT2D eigenvalue weighted by Gasteiger charge is 2.16. The number of nitrogens with one attached hydrogen (secondary N) is 3. The number of amides is 2. The Kier molecular flexibility index (Phi) is 5.99. The molecule has 0 aromatic heterocycles. The van der Waals surface area contributed by atoms with Crippen LogP contribution in [0.1, 0.15) is 21.5 Å². The summed E-state index contributed by atoms with van der Waals surface area (Å²) in [7, 11) is -2.29. The predicted molar refractivity (Wildman–Crippen MR) is 99.6 cm³/mol. The molecular weight excluding hydrogens is 354 g/mol. The maximum absolute atomic E-state index is 12.5. The summed E-state index contributed by atoms with van der Waals surface area (Å²) >= 11 is 0. The van der Waals surface area contributed by atoms with E-state index < -0.39 is 15.9 Å². The van der Waals surface area contributed by atoms with Gasteiger partial charge in [-0.15, -0.1) is 0 Å². The van der Waals surface area contributed by atoms with Crippen LogP contribution in [0.25, 0.3) is 0 Å². The van der Waals surface area contributed by atoms with Crippen molar-refractivity contribution in [3.63, 3.8) is 0 Å². The molecule has 0 radical (unpaired) electrons. The fourth-order valence-electron chi connectivity index (χ4n) is 2.16. The second-order valence-corrected chi connectivity index (χ2v) is 7.47. The minimum atomic E-state index is -3.76. The number of hydrogen-bond donors (Lipinski definition) is 3. The van der Waals surface area contributed by atoms with E-state index in [2.05, 4.69) is 15.4 Å². The Bertz CT molecular complexity index is 922. The van der Waals surface area contributed by atoms with Crippen molar-refractivity contribution in [2.75, 3.05) is 18.3 Å². The first-order chi connectivity index (χ1) is 12.2. The van der Waals surface area contributed by atoms with Gasteiger partial charge in [-0.25, -0.2) is 8.42 Å². The molecule has 0 spiro atoms. The molecule has 3 N–H and O–H groups in total. The van der Waals surface area contributed by atoms with Crippen LogP contribution >= 0.6 is 0 Å². The van der Waals surface area contributed by atoms with Crippen molar-refractivity contribution < 1.29 is 18.0 Å². The molecule has 2 rings (SSSR count). The molecule has 0 heterocycles. The van der Waals surface area contributed by atoms with Gasteiger partial charge < -0.3 is 10.6 Å². The Labute approximate surface area is 152 Å². The van der Waals surface area contributed by atoms with E-state index in [4.69, 9.17) is 0 Å². The molecule has 26 heavy (non-hydrogen) atoms. The van der Waals surface area contributed by atoms with Gasteiger partial charge in [0.1, 0.15) is 0 Å². The van der Waals surface area contributed by atoms with E-state index in [1.54, 1.807) is 12.1 Å². The maximum Gasteiger partial charge on any atom is 0.261 e. The fourth-order valence-corrected chi connectivity index (χ4v) is 3.20. The molecule has 0 fully saturated rings. The summed E-state index contributed by atoms with van der Waals surface area (Å²) in [5, 5.41) is 4.83. The molecule has 7 nitrogen and oxygen atoms in total. The van der Waals surface area contributed by atoms with Crippen molar-refractivity contribution in [3.8, 4) is 0 Å². The summed E-state index contributed by atoms with van der Waals surface area (Å²) in [6, 6.07) is 10.8. The average molecular weight is 375 g/mol. The quantitative estimate of drug-likeness (QED) is 0.713. The van der Waals surface area contributed by atoms with Crippen molar-refractivity contribution in [3.05, 3.63) is 59.2 Å². The number of benzene rings is 2. The summed E-state index contributed by atoms with van der Waals surface area (Å²) in [5.74, 6) is -0.783. The van der Waals surface area contributed by atoms with Gasteiger partial charge in [0, 0.05) is 18.3 Å². The molecule has 2 aromatic rings. The van der Waals surface area contributed by atoms with Crippen molar-refractivity contribution in [2.24, 2.45) is 0 Å². The van der Waals surface area contributed by atoms with Crippen LogP contribution in [0.15, 0.2) is 47.4 Å². The van der Waals surface area contributed by atoms with Crippen LogP contribution in [0.4, 0.5) is 5.69 Å². The highest BCUT2D eigenvalue weighted by atomic mass is 32.2. The molecule has 0 unspecified atom stereocenters. The summed E-state index contributed by atoms with van der Waals surface area (Å²) in [6.45, 7) is 3.70. The summed E-state index contributed by atoms with van der Waals surface area (Å²) in [5.41, 5.74) is 2.79. The summed E-state index contributed by atoms with van der Waals surface area (Å²) in [4.78, 5) is 23.1. The van der Waals surface area contributed by atoms with Gasteiger partial charge in [0.2, 0.25) is 5.91 Å². The normalized spacial score (nSPS) is 10.9. The van der Waals surface area contributed by atoms with Gasteiger partial charge in [0.05, 0.1) is 11.4 Å². The second kappa shape index (κ2) is 8.01. The average Bonchev–Trinajstić information content (AvgIpc) is 2.62. The molecule has 0 aliphatic carbocycles. The van der Waals surface area contributed by atoms with E-state index >= 15 is 0 Å². The molecule has 0 atom stereocenters.